The lowest BCUT2D eigenvalue weighted by Crippen LogP contribution is -2.50. The molecule has 43 heavy (non-hydrogen) atoms. The lowest BCUT2D eigenvalue weighted by molar-refractivity contribution is -0.156. The molecule has 9 nitrogen and oxygen atoms in total. The van der Waals surface area contributed by atoms with E-state index >= 15 is 0 Å². The smallest absolute Gasteiger partial charge is 0.313 e. The van der Waals surface area contributed by atoms with Crippen molar-refractivity contribution in [3.8, 4) is 0 Å². The Balaban J connectivity index is 1.40. The van der Waals surface area contributed by atoms with Crippen LogP contribution in [0.15, 0.2) is 22.3 Å². The molecule has 2 heterocycles. The normalized spacial score (nSPS) is 43.6. The third-order valence-electron chi connectivity index (χ3n) is 12.3. The first-order valence-corrected chi connectivity index (χ1v) is 16.1. The molecule has 0 unspecified atom stereocenters. The third kappa shape index (κ3) is 4.19. The summed E-state index contributed by atoms with van der Waals surface area (Å²) >= 11 is 0. The molecule has 0 aromatic rings. The topological polar surface area (TPSA) is 125 Å². The van der Waals surface area contributed by atoms with E-state index in [-0.39, 0.29) is 53.7 Å². The highest BCUT2D eigenvalue weighted by atomic mass is 16.6. The number of aliphatic hydroxyl groups excluding tert-OH is 1. The first kappa shape index (κ1) is 30.4. The Morgan fingerprint density at radius 2 is 1.77 bits per heavy atom. The molecule has 4 aliphatic carbocycles. The van der Waals surface area contributed by atoms with Gasteiger partial charge in [0, 0.05) is 43.4 Å². The number of carbonyl (C=O) groups excluding carboxylic acids is 4. The van der Waals surface area contributed by atoms with Gasteiger partial charge in [-0.3, -0.25) is 19.2 Å². The fourth-order valence-electron chi connectivity index (χ4n) is 10.6. The van der Waals surface area contributed by atoms with Gasteiger partial charge in [-0.05, 0) is 63.4 Å². The van der Waals surface area contributed by atoms with Gasteiger partial charge in [0.15, 0.2) is 0 Å². The molecule has 4 fully saturated rings. The van der Waals surface area contributed by atoms with E-state index in [0.717, 1.165) is 23.1 Å². The van der Waals surface area contributed by atoms with E-state index in [4.69, 9.17) is 18.9 Å². The monoisotopic (exact) mass is 598 g/mol. The van der Waals surface area contributed by atoms with Crippen LogP contribution in [-0.2, 0) is 38.1 Å². The van der Waals surface area contributed by atoms with Gasteiger partial charge in [-0.1, -0.05) is 37.5 Å². The van der Waals surface area contributed by atoms with Crippen LogP contribution in [0.5, 0.6) is 0 Å². The molecule has 0 aromatic carbocycles. The van der Waals surface area contributed by atoms with Gasteiger partial charge in [0.1, 0.15) is 18.3 Å². The number of aliphatic hydroxyl groups is 1. The van der Waals surface area contributed by atoms with E-state index in [1.54, 1.807) is 0 Å². The largest absolute Gasteiger partial charge is 0.466 e. The predicted octanol–water partition coefficient (Wildman–Crippen LogP) is 4.45. The Kier molecular flexibility index (Phi) is 7.38. The van der Waals surface area contributed by atoms with Crippen LogP contribution >= 0.6 is 0 Å². The minimum atomic E-state index is -1.03. The molecular formula is C34H46O9. The maximum Gasteiger partial charge on any atom is 0.313 e. The van der Waals surface area contributed by atoms with Gasteiger partial charge in [0.25, 0.3) is 0 Å². The quantitative estimate of drug-likeness (QED) is 0.204. The van der Waals surface area contributed by atoms with Crippen molar-refractivity contribution in [1.82, 2.24) is 0 Å². The lowest BCUT2D eigenvalue weighted by atomic mass is 9.55. The molecule has 2 aliphatic heterocycles. The summed E-state index contributed by atoms with van der Waals surface area (Å²) in [6, 6.07) is 0. The Labute approximate surface area is 253 Å². The van der Waals surface area contributed by atoms with E-state index in [9.17, 15) is 24.3 Å². The average Bonchev–Trinajstić information content (AvgIpc) is 3.49. The van der Waals surface area contributed by atoms with Crippen molar-refractivity contribution in [3.05, 3.63) is 22.3 Å². The van der Waals surface area contributed by atoms with E-state index in [1.807, 2.05) is 13.8 Å². The minimum Gasteiger partial charge on any atom is -0.466 e. The maximum absolute atomic E-state index is 14.3. The van der Waals surface area contributed by atoms with Gasteiger partial charge in [-0.2, -0.15) is 0 Å². The summed E-state index contributed by atoms with van der Waals surface area (Å²) in [4.78, 5) is 50.7. The average molecular weight is 599 g/mol. The number of fused-ring (bicyclic) bond motifs is 5. The molecule has 2 saturated carbocycles. The summed E-state index contributed by atoms with van der Waals surface area (Å²) in [6.45, 7) is 13.4. The van der Waals surface area contributed by atoms with E-state index in [0.29, 0.717) is 38.7 Å². The van der Waals surface area contributed by atoms with Crippen molar-refractivity contribution >= 4 is 23.9 Å². The van der Waals surface area contributed by atoms with Crippen molar-refractivity contribution in [1.29, 1.82) is 0 Å². The predicted molar refractivity (Wildman–Crippen MR) is 154 cm³/mol. The molecule has 2 bridgehead atoms. The third-order valence-corrected chi connectivity index (χ3v) is 12.3. The van der Waals surface area contributed by atoms with Gasteiger partial charge < -0.3 is 24.1 Å². The van der Waals surface area contributed by atoms with E-state index in [1.165, 1.54) is 19.4 Å². The zero-order chi connectivity index (χ0) is 31.2. The highest BCUT2D eigenvalue weighted by Gasteiger charge is 2.79. The molecule has 12 atom stereocenters. The molecule has 236 valence electrons. The van der Waals surface area contributed by atoms with Gasteiger partial charge in [-0.15, -0.1) is 0 Å². The Morgan fingerprint density at radius 1 is 1.05 bits per heavy atom. The summed E-state index contributed by atoms with van der Waals surface area (Å²) in [5.74, 6) is -2.20. The summed E-state index contributed by atoms with van der Waals surface area (Å²) in [7, 11) is 0. The van der Waals surface area contributed by atoms with Crippen LogP contribution in [-0.4, -0.2) is 60.0 Å². The molecule has 6 aliphatic rings. The van der Waals surface area contributed by atoms with Gasteiger partial charge in [0.05, 0.1) is 24.0 Å². The first-order valence-electron chi connectivity index (χ1n) is 16.1. The number of rotatable bonds is 6. The standard InChI is InChI=1S/C34H46O9/c1-15(9-8-10-40-20(6)35)26-16(2)11-25-28(29(26)37)34(32(39)43-25)14-33-17(3)12-24-22(18(4)31(38)42-24)13-23(33)19(5)27(34)30(33)41-21(7)36/h15,17-18,22,24-25,27-30,37H,8-14H2,1-7H3/t15-,17-,18-,22+,24-,25+,27-,28+,29+,30+,33-,34+/m1/s1. The molecule has 9 heteroatoms. The zero-order valence-corrected chi connectivity index (χ0v) is 26.4. The fraction of sp³-hybridized carbons (Fsp3) is 0.765. The zero-order valence-electron chi connectivity index (χ0n) is 26.4. The number of hydrogen-bond donors (Lipinski definition) is 1. The summed E-state index contributed by atoms with van der Waals surface area (Å²) in [5.41, 5.74) is 2.59. The van der Waals surface area contributed by atoms with Crippen LogP contribution in [0, 0.1) is 46.3 Å². The Morgan fingerprint density at radius 3 is 2.44 bits per heavy atom. The maximum atomic E-state index is 14.3. The molecule has 0 aromatic heterocycles. The summed E-state index contributed by atoms with van der Waals surface area (Å²) < 4.78 is 23.4. The molecule has 1 N–H and O–H groups in total. The lowest BCUT2D eigenvalue weighted by Gasteiger charge is -2.45. The van der Waals surface area contributed by atoms with Crippen LogP contribution in [0.2, 0.25) is 0 Å². The number of hydrogen-bond acceptors (Lipinski definition) is 9. The molecule has 2 spiro atoms. The summed E-state index contributed by atoms with van der Waals surface area (Å²) in [6.07, 6.45) is 1.62. The van der Waals surface area contributed by atoms with Crippen LogP contribution < -0.4 is 0 Å². The minimum absolute atomic E-state index is 0.0243. The van der Waals surface area contributed by atoms with Crippen LogP contribution in [0.4, 0.5) is 0 Å². The van der Waals surface area contributed by atoms with Gasteiger partial charge in [-0.25, -0.2) is 0 Å². The number of esters is 4. The molecular weight excluding hydrogens is 552 g/mol. The number of carbonyl (C=O) groups is 4. The van der Waals surface area contributed by atoms with Crippen LogP contribution in [0.3, 0.4) is 0 Å². The Hall–Kier alpha value is -2.68. The molecule has 0 radical (unpaired) electrons. The second-order valence-corrected chi connectivity index (χ2v) is 14.4. The molecule has 0 amide bonds. The highest BCUT2D eigenvalue weighted by molar-refractivity contribution is 5.84. The van der Waals surface area contributed by atoms with Crippen molar-refractivity contribution in [2.75, 3.05) is 6.61 Å². The van der Waals surface area contributed by atoms with Crippen molar-refractivity contribution < 1.29 is 43.2 Å². The highest BCUT2D eigenvalue weighted by Crippen LogP contribution is 2.76. The van der Waals surface area contributed by atoms with Gasteiger partial charge >= 0.3 is 23.9 Å². The Bertz CT molecular complexity index is 1310. The molecule has 6 rings (SSSR count). The SMILES string of the molecule is CC(=O)OCCC[C@@H](C)C1=C(C)C[C@@H]2OC(=O)[C@]3(C[C@@]45C(=C(C)[C@@H]3[C@@H]4OC(C)=O)C[C@@H]3[C@@H](C[C@H]5C)OC(=O)[C@@H]3C)[C@@H]2[C@H]1O. The van der Waals surface area contributed by atoms with E-state index in [2.05, 4.69) is 20.8 Å². The van der Waals surface area contributed by atoms with Gasteiger partial charge in [0.2, 0.25) is 0 Å². The fourth-order valence-corrected chi connectivity index (χ4v) is 10.6. The first-order chi connectivity index (χ1) is 20.2. The van der Waals surface area contributed by atoms with Crippen LogP contribution in [0.25, 0.3) is 0 Å². The second-order valence-electron chi connectivity index (χ2n) is 14.4. The van der Waals surface area contributed by atoms with Crippen molar-refractivity contribution in [2.24, 2.45) is 46.3 Å². The number of ether oxygens (including phenoxy) is 4. The van der Waals surface area contributed by atoms with Crippen LogP contribution in [0.1, 0.15) is 87.0 Å². The van der Waals surface area contributed by atoms with E-state index < -0.39 is 41.0 Å². The van der Waals surface area contributed by atoms with Crippen molar-refractivity contribution in [2.45, 2.75) is 111 Å². The second kappa shape index (κ2) is 10.5. The van der Waals surface area contributed by atoms with Crippen molar-refractivity contribution in [3.63, 3.8) is 0 Å². The molecule has 2 saturated heterocycles. The summed E-state index contributed by atoms with van der Waals surface area (Å²) in [5, 5.41) is 12.2.